The lowest BCUT2D eigenvalue weighted by atomic mass is 9.76. The molecule has 2 aliphatic heterocycles. The number of benzene rings is 3. The molecule has 2 heterocycles. The van der Waals surface area contributed by atoms with Gasteiger partial charge in [0.05, 0.1) is 10.9 Å². The van der Waals surface area contributed by atoms with Crippen molar-refractivity contribution >= 4 is 21.8 Å². The molecule has 0 aromatic heterocycles. The summed E-state index contributed by atoms with van der Waals surface area (Å²) in [5.41, 5.74) is 1.76. The summed E-state index contributed by atoms with van der Waals surface area (Å²) in [6.45, 7) is 6.15. The Morgan fingerprint density at radius 2 is 1.65 bits per heavy atom. The summed E-state index contributed by atoms with van der Waals surface area (Å²) in [5, 5.41) is 4.70. The normalized spacial score (nSPS) is 21.6. The average molecular weight is 518 g/mol. The molecule has 37 heavy (non-hydrogen) atoms. The highest BCUT2D eigenvalue weighted by molar-refractivity contribution is 7.89. The molecule has 3 aromatic rings. The monoisotopic (exact) mass is 517 g/mol. The molecule has 8 heteroatoms. The number of aryl methyl sites for hydroxylation is 1. The van der Waals surface area contributed by atoms with Gasteiger partial charge in [0.15, 0.2) is 0 Å². The van der Waals surface area contributed by atoms with Crippen LogP contribution >= 0.6 is 0 Å². The fourth-order valence-corrected chi connectivity index (χ4v) is 7.12. The van der Waals surface area contributed by atoms with Crippen molar-refractivity contribution in [3.05, 3.63) is 101 Å². The Morgan fingerprint density at radius 3 is 2.32 bits per heavy atom. The average Bonchev–Trinajstić information content (AvgIpc) is 3.12. The zero-order valence-electron chi connectivity index (χ0n) is 21.2. The first kappa shape index (κ1) is 25.2. The third-order valence-corrected chi connectivity index (χ3v) is 8.86. The SMILES string of the molecule is Cc1ccc(S(=O)(=O)N2C(=O)[C@@](CC(C)C)(NC(=O)c3ccccc3)[C@H]3c4ccccc4CCN32)cc1. The Morgan fingerprint density at radius 1 is 1.00 bits per heavy atom. The molecule has 192 valence electrons. The smallest absolute Gasteiger partial charge is 0.280 e. The Labute approximate surface area is 218 Å². The number of nitrogens with zero attached hydrogens (tertiary/aromatic N) is 2. The van der Waals surface area contributed by atoms with E-state index in [9.17, 15) is 18.0 Å². The lowest BCUT2D eigenvalue weighted by Crippen LogP contribution is -2.58. The third kappa shape index (κ3) is 4.24. The van der Waals surface area contributed by atoms with Gasteiger partial charge in [0, 0.05) is 12.1 Å². The van der Waals surface area contributed by atoms with E-state index in [-0.39, 0.29) is 17.2 Å². The molecular weight excluding hydrogens is 486 g/mol. The van der Waals surface area contributed by atoms with E-state index < -0.39 is 33.4 Å². The van der Waals surface area contributed by atoms with Crippen LogP contribution in [0.25, 0.3) is 0 Å². The number of carbonyl (C=O) groups excluding carboxylic acids is 2. The number of carbonyl (C=O) groups is 2. The molecule has 0 aliphatic carbocycles. The highest BCUT2D eigenvalue weighted by atomic mass is 32.2. The Bertz CT molecular complexity index is 1440. The standard InChI is InChI=1S/C29H31N3O4S/c1-20(2)19-29(30-27(33)23-10-5-4-6-11-23)26-25-12-8-7-9-22(25)17-18-31(26)32(28(29)34)37(35,36)24-15-13-21(3)14-16-24/h4-16,20,26H,17-19H2,1-3H3,(H,30,33)/t26-,29+/m1/s1. The van der Waals surface area contributed by atoms with Crippen molar-refractivity contribution in [2.75, 3.05) is 6.54 Å². The number of amides is 2. The number of fused-ring (bicyclic) bond motifs is 3. The number of hydrogen-bond acceptors (Lipinski definition) is 5. The largest absolute Gasteiger partial charge is 0.336 e. The molecule has 0 saturated carbocycles. The van der Waals surface area contributed by atoms with E-state index in [1.165, 1.54) is 12.1 Å². The summed E-state index contributed by atoms with van der Waals surface area (Å²) in [5.74, 6) is -1.04. The summed E-state index contributed by atoms with van der Waals surface area (Å²) in [6.07, 6.45) is 0.865. The van der Waals surface area contributed by atoms with E-state index in [1.807, 2.05) is 51.1 Å². The molecule has 1 fully saturated rings. The lowest BCUT2D eigenvalue weighted by Gasteiger charge is -2.40. The zero-order valence-corrected chi connectivity index (χ0v) is 22.0. The van der Waals surface area contributed by atoms with Crippen LogP contribution in [-0.4, -0.2) is 41.7 Å². The van der Waals surface area contributed by atoms with Crippen molar-refractivity contribution in [1.29, 1.82) is 0 Å². The van der Waals surface area contributed by atoms with E-state index >= 15 is 0 Å². The molecule has 3 aromatic carbocycles. The van der Waals surface area contributed by atoms with E-state index in [0.717, 1.165) is 21.1 Å². The second kappa shape index (κ2) is 9.43. The van der Waals surface area contributed by atoms with Gasteiger partial charge in [-0.3, -0.25) is 9.59 Å². The molecule has 2 amide bonds. The molecule has 5 rings (SSSR count). The van der Waals surface area contributed by atoms with Crippen molar-refractivity contribution in [3.8, 4) is 0 Å². The van der Waals surface area contributed by atoms with Crippen LogP contribution in [0.5, 0.6) is 0 Å². The molecular formula is C29H31N3O4S. The summed E-state index contributed by atoms with van der Waals surface area (Å²) < 4.78 is 28.9. The highest BCUT2D eigenvalue weighted by Gasteiger charge is 2.64. The van der Waals surface area contributed by atoms with Gasteiger partial charge < -0.3 is 5.32 Å². The maximum absolute atomic E-state index is 14.5. The number of rotatable bonds is 6. The van der Waals surface area contributed by atoms with Gasteiger partial charge in [-0.2, -0.15) is 17.8 Å². The first-order chi connectivity index (χ1) is 17.6. The van der Waals surface area contributed by atoms with Crippen LogP contribution in [0.4, 0.5) is 0 Å². The summed E-state index contributed by atoms with van der Waals surface area (Å²) in [4.78, 5) is 28.1. The first-order valence-electron chi connectivity index (χ1n) is 12.5. The first-order valence-corrected chi connectivity index (χ1v) is 14.0. The highest BCUT2D eigenvalue weighted by Crippen LogP contribution is 2.49. The molecule has 1 N–H and O–H groups in total. The number of nitrogens with one attached hydrogen (secondary N) is 1. The van der Waals surface area contributed by atoms with Gasteiger partial charge in [-0.15, -0.1) is 0 Å². The lowest BCUT2D eigenvalue weighted by molar-refractivity contribution is -0.133. The molecule has 2 aliphatic rings. The van der Waals surface area contributed by atoms with Crippen LogP contribution in [0.15, 0.2) is 83.8 Å². The number of sulfonamides is 1. The zero-order chi connectivity index (χ0) is 26.4. The maximum Gasteiger partial charge on any atom is 0.280 e. The topological polar surface area (TPSA) is 86.8 Å². The summed E-state index contributed by atoms with van der Waals surface area (Å²) in [7, 11) is -4.23. The van der Waals surface area contributed by atoms with Gasteiger partial charge in [0.2, 0.25) is 0 Å². The Kier molecular flexibility index (Phi) is 6.41. The van der Waals surface area contributed by atoms with Crippen molar-refractivity contribution in [2.24, 2.45) is 5.92 Å². The van der Waals surface area contributed by atoms with Crippen LogP contribution in [0.3, 0.4) is 0 Å². The fourth-order valence-electron chi connectivity index (χ4n) is 5.61. The van der Waals surface area contributed by atoms with Crippen molar-refractivity contribution in [3.63, 3.8) is 0 Å². The maximum atomic E-state index is 14.5. The van der Waals surface area contributed by atoms with Gasteiger partial charge in [0.1, 0.15) is 5.54 Å². The van der Waals surface area contributed by atoms with Crippen LogP contribution in [-0.2, 0) is 21.2 Å². The predicted molar refractivity (Wildman–Crippen MR) is 141 cm³/mol. The quantitative estimate of drug-likeness (QED) is 0.528. The molecule has 0 bridgehead atoms. The van der Waals surface area contributed by atoms with Gasteiger partial charge in [0.25, 0.3) is 21.8 Å². The van der Waals surface area contributed by atoms with Crippen molar-refractivity contribution in [1.82, 2.24) is 14.7 Å². The Balaban J connectivity index is 1.70. The van der Waals surface area contributed by atoms with Crippen LogP contribution in [0.1, 0.15) is 53.4 Å². The van der Waals surface area contributed by atoms with Gasteiger partial charge in [-0.25, -0.2) is 0 Å². The van der Waals surface area contributed by atoms with Crippen LogP contribution < -0.4 is 5.32 Å². The molecule has 2 atom stereocenters. The second-order valence-corrected chi connectivity index (χ2v) is 12.0. The number of hydrazine groups is 1. The van der Waals surface area contributed by atoms with E-state index in [1.54, 1.807) is 41.4 Å². The van der Waals surface area contributed by atoms with E-state index in [4.69, 9.17) is 0 Å². The molecule has 1 saturated heterocycles. The predicted octanol–water partition coefficient (Wildman–Crippen LogP) is 4.26. The fraction of sp³-hybridized carbons (Fsp3) is 0.310. The second-order valence-electron chi connectivity index (χ2n) is 10.3. The van der Waals surface area contributed by atoms with Crippen molar-refractivity contribution in [2.45, 2.75) is 50.1 Å². The van der Waals surface area contributed by atoms with E-state index in [0.29, 0.717) is 18.5 Å². The molecule has 7 nitrogen and oxygen atoms in total. The molecule has 0 radical (unpaired) electrons. The Hall–Kier alpha value is -3.49. The van der Waals surface area contributed by atoms with Gasteiger partial charge >= 0.3 is 0 Å². The summed E-state index contributed by atoms with van der Waals surface area (Å²) >= 11 is 0. The minimum Gasteiger partial charge on any atom is -0.336 e. The number of hydrogen-bond donors (Lipinski definition) is 1. The summed E-state index contributed by atoms with van der Waals surface area (Å²) in [6, 6.07) is 22.3. The van der Waals surface area contributed by atoms with E-state index in [2.05, 4.69) is 5.32 Å². The minimum absolute atomic E-state index is 0.00186. The van der Waals surface area contributed by atoms with Crippen LogP contribution in [0.2, 0.25) is 0 Å². The van der Waals surface area contributed by atoms with Gasteiger partial charge in [-0.05, 0) is 61.1 Å². The van der Waals surface area contributed by atoms with Crippen molar-refractivity contribution < 1.29 is 18.0 Å². The molecule has 0 unspecified atom stereocenters. The molecule has 0 spiro atoms. The van der Waals surface area contributed by atoms with Crippen LogP contribution in [0, 0.1) is 12.8 Å². The minimum atomic E-state index is -4.23. The third-order valence-electron chi connectivity index (χ3n) is 7.16. The van der Waals surface area contributed by atoms with Gasteiger partial charge in [-0.1, -0.05) is 74.0 Å².